The van der Waals surface area contributed by atoms with Crippen LogP contribution in [0.25, 0.3) is 0 Å². The van der Waals surface area contributed by atoms with Gasteiger partial charge in [-0.05, 0) is 36.2 Å². The van der Waals surface area contributed by atoms with E-state index in [2.05, 4.69) is 42.6 Å². The van der Waals surface area contributed by atoms with Gasteiger partial charge in [0.2, 0.25) is 5.95 Å². The van der Waals surface area contributed by atoms with Crippen molar-refractivity contribution < 1.29 is 4.74 Å². The van der Waals surface area contributed by atoms with Crippen molar-refractivity contribution in [1.82, 2.24) is 9.97 Å². The molecule has 31 heavy (non-hydrogen) atoms. The molecular formula is C26H26N4O. The molecule has 5 nitrogen and oxygen atoms in total. The second-order valence-corrected chi connectivity index (χ2v) is 7.35. The van der Waals surface area contributed by atoms with E-state index in [0.717, 1.165) is 34.0 Å². The molecule has 0 amide bonds. The van der Waals surface area contributed by atoms with Crippen LogP contribution in [-0.2, 0) is 18.0 Å². The Morgan fingerprint density at radius 2 is 1.48 bits per heavy atom. The summed E-state index contributed by atoms with van der Waals surface area (Å²) in [5, 5.41) is 3.36. The Hall–Kier alpha value is -3.70. The summed E-state index contributed by atoms with van der Waals surface area (Å²) in [4.78, 5) is 11.5. The minimum atomic E-state index is 0.398. The molecule has 156 valence electrons. The van der Waals surface area contributed by atoms with Crippen LogP contribution < -0.4 is 10.2 Å². The average Bonchev–Trinajstić information content (AvgIpc) is 2.81. The normalized spacial score (nSPS) is 10.6. The number of benzene rings is 3. The van der Waals surface area contributed by atoms with Crippen LogP contribution in [0.5, 0.6) is 0 Å². The fourth-order valence-electron chi connectivity index (χ4n) is 3.25. The smallest absolute Gasteiger partial charge is 0.229 e. The Kier molecular flexibility index (Phi) is 6.55. The summed E-state index contributed by atoms with van der Waals surface area (Å²) in [6.07, 6.45) is 0. The van der Waals surface area contributed by atoms with Crippen LogP contribution in [0.1, 0.15) is 16.8 Å². The second-order valence-electron chi connectivity index (χ2n) is 7.35. The Morgan fingerprint density at radius 3 is 2.23 bits per heavy atom. The van der Waals surface area contributed by atoms with E-state index in [9.17, 15) is 0 Å². The summed E-state index contributed by atoms with van der Waals surface area (Å²) in [5.41, 5.74) is 5.13. The van der Waals surface area contributed by atoms with Crippen molar-refractivity contribution in [2.24, 2.45) is 0 Å². The van der Waals surface area contributed by atoms with Crippen LogP contribution in [0.3, 0.4) is 0 Å². The average molecular weight is 411 g/mol. The monoisotopic (exact) mass is 410 g/mol. The molecule has 4 rings (SSSR count). The molecule has 0 atom stereocenters. The zero-order chi connectivity index (χ0) is 21.5. The third kappa shape index (κ3) is 5.47. The molecule has 3 aromatic carbocycles. The van der Waals surface area contributed by atoms with Gasteiger partial charge in [-0.3, -0.25) is 0 Å². The minimum absolute atomic E-state index is 0.398. The van der Waals surface area contributed by atoms with E-state index in [-0.39, 0.29) is 0 Å². The summed E-state index contributed by atoms with van der Waals surface area (Å²) in [6, 6.07) is 30.4. The topological polar surface area (TPSA) is 50.3 Å². The first-order valence-electron chi connectivity index (χ1n) is 10.3. The van der Waals surface area contributed by atoms with Crippen molar-refractivity contribution in [3.8, 4) is 0 Å². The zero-order valence-electron chi connectivity index (χ0n) is 17.8. The number of para-hydroxylation sites is 2. The number of hydrogen-bond donors (Lipinski definition) is 1. The molecule has 0 fully saturated rings. The quantitative estimate of drug-likeness (QED) is 0.385. The summed E-state index contributed by atoms with van der Waals surface area (Å²) < 4.78 is 5.94. The molecule has 0 saturated heterocycles. The molecule has 0 spiro atoms. The lowest BCUT2D eigenvalue weighted by Gasteiger charge is -2.20. The van der Waals surface area contributed by atoms with Gasteiger partial charge >= 0.3 is 0 Å². The van der Waals surface area contributed by atoms with Crippen LogP contribution in [0.2, 0.25) is 0 Å². The number of aryl methyl sites for hydroxylation is 1. The number of hydrogen-bond acceptors (Lipinski definition) is 5. The minimum Gasteiger partial charge on any atom is -0.370 e. The van der Waals surface area contributed by atoms with Crippen molar-refractivity contribution >= 4 is 23.1 Å². The predicted octanol–water partition coefficient (Wildman–Crippen LogP) is 6.01. The van der Waals surface area contributed by atoms with Gasteiger partial charge in [0.15, 0.2) is 0 Å². The van der Waals surface area contributed by atoms with Crippen molar-refractivity contribution in [3.05, 3.63) is 108 Å². The summed E-state index contributed by atoms with van der Waals surface area (Å²) in [6.45, 7) is 3.00. The Morgan fingerprint density at radius 1 is 0.806 bits per heavy atom. The fraction of sp³-hybridized carbons (Fsp3) is 0.154. The van der Waals surface area contributed by atoms with Gasteiger partial charge in [-0.1, -0.05) is 66.7 Å². The highest BCUT2D eigenvalue weighted by atomic mass is 16.5. The maximum Gasteiger partial charge on any atom is 0.229 e. The van der Waals surface area contributed by atoms with Crippen LogP contribution in [0.15, 0.2) is 91.0 Å². The van der Waals surface area contributed by atoms with E-state index >= 15 is 0 Å². The largest absolute Gasteiger partial charge is 0.370 e. The highest BCUT2D eigenvalue weighted by molar-refractivity contribution is 5.63. The van der Waals surface area contributed by atoms with Crippen LogP contribution in [-0.4, -0.2) is 17.0 Å². The molecule has 0 aliphatic carbocycles. The maximum atomic E-state index is 5.94. The van der Waals surface area contributed by atoms with Crippen LogP contribution in [0, 0.1) is 6.92 Å². The van der Waals surface area contributed by atoms with E-state index in [1.807, 2.05) is 72.6 Å². The first-order valence-corrected chi connectivity index (χ1v) is 10.3. The lowest BCUT2D eigenvalue weighted by molar-refractivity contribution is 0.104. The van der Waals surface area contributed by atoms with E-state index < -0.39 is 0 Å². The lowest BCUT2D eigenvalue weighted by atomic mass is 10.2. The van der Waals surface area contributed by atoms with Gasteiger partial charge in [0.05, 0.1) is 18.9 Å². The molecule has 1 N–H and O–H groups in total. The first kappa shape index (κ1) is 20.6. The number of nitrogens with one attached hydrogen (secondary N) is 1. The number of nitrogens with zero attached hydrogens (tertiary/aromatic N) is 3. The van der Waals surface area contributed by atoms with Crippen LogP contribution in [0.4, 0.5) is 23.1 Å². The molecule has 0 saturated carbocycles. The molecule has 0 bridgehead atoms. The first-order chi connectivity index (χ1) is 15.2. The highest BCUT2D eigenvalue weighted by Crippen LogP contribution is 2.25. The van der Waals surface area contributed by atoms with E-state index in [1.165, 1.54) is 0 Å². The molecule has 1 heterocycles. The Bertz CT molecular complexity index is 1120. The molecule has 0 unspecified atom stereocenters. The second kappa shape index (κ2) is 9.87. The van der Waals surface area contributed by atoms with Gasteiger partial charge < -0.3 is 15.0 Å². The summed E-state index contributed by atoms with van der Waals surface area (Å²) >= 11 is 0. The van der Waals surface area contributed by atoms with Crippen molar-refractivity contribution in [3.63, 3.8) is 0 Å². The molecule has 1 aromatic heterocycles. The highest BCUT2D eigenvalue weighted by Gasteiger charge is 2.11. The summed E-state index contributed by atoms with van der Waals surface area (Å²) in [5.74, 6) is 1.35. The number of anilines is 4. The van der Waals surface area contributed by atoms with Crippen molar-refractivity contribution in [2.75, 3.05) is 17.3 Å². The molecular weight excluding hydrogens is 384 g/mol. The molecule has 0 radical (unpaired) electrons. The number of ether oxygens (including phenoxy) is 1. The fourth-order valence-corrected chi connectivity index (χ4v) is 3.25. The van der Waals surface area contributed by atoms with Crippen molar-refractivity contribution in [1.29, 1.82) is 0 Å². The third-order valence-electron chi connectivity index (χ3n) is 5.01. The standard InChI is InChI=1S/C26H26N4O/c1-20-11-9-10-16-24(20)28-26-27-22(19-31-18-21-12-5-3-6-13-21)17-25(29-26)30(2)23-14-7-4-8-15-23/h3-17H,18-19H2,1-2H3,(H,27,28,29). The van der Waals surface area contributed by atoms with E-state index in [4.69, 9.17) is 14.7 Å². The van der Waals surface area contributed by atoms with E-state index in [1.54, 1.807) is 0 Å². The maximum absolute atomic E-state index is 5.94. The Balaban J connectivity index is 1.59. The summed E-state index contributed by atoms with van der Waals surface area (Å²) in [7, 11) is 2.00. The van der Waals surface area contributed by atoms with Gasteiger partial charge in [0.25, 0.3) is 0 Å². The molecule has 5 heteroatoms. The number of rotatable bonds is 8. The van der Waals surface area contributed by atoms with Crippen LogP contribution >= 0.6 is 0 Å². The zero-order valence-corrected chi connectivity index (χ0v) is 17.8. The van der Waals surface area contributed by atoms with Crippen molar-refractivity contribution in [2.45, 2.75) is 20.1 Å². The van der Waals surface area contributed by atoms with Gasteiger partial charge in [-0.25, -0.2) is 4.98 Å². The number of aromatic nitrogens is 2. The van der Waals surface area contributed by atoms with Gasteiger partial charge in [0, 0.05) is 24.5 Å². The Labute approximate surface area is 183 Å². The molecule has 4 aromatic rings. The van der Waals surface area contributed by atoms with Gasteiger partial charge in [-0.2, -0.15) is 4.98 Å². The third-order valence-corrected chi connectivity index (χ3v) is 5.01. The lowest BCUT2D eigenvalue weighted by Crippen LogP contribution is -2.14. The van der Waals surface area contributed by atoms with Gasteiger partial charge in [-0.15, -0.1) is 0 Å². The SMILES string of the molecule is Cc1ccccc1Nc1nc(COCc2ccccc2)cc(N(C)c2ccccc2)n1. The predicted molar refractivity (Wildman–Crippen MR) is 126 cm³/mol. The molecule has 0 aliphatic heterocycles. The molecule has 0 aliphatic rings. The van der Waals surface area contributed by atoms with Gasteiger partial charge in [0.1, 0.15) is 5.82 Å². The van der Waals surface area contributed by atoms with E-state index in [0.29, 0.717) is 19.2 Å².